The van der Waals surface area contributed by atoms with E-state index in [1.54, 1.807) is 7.11 Å². The van der Waals surface area contributed by atoms with E-state index in [9.17, 15) is 4.79 Å². The van der Waals surface area contributed by atoms with E-state index < -0.39 is 0 Å². The first-order valence-electron chi connectivity index (χ1n) is 9.22. The third kappa shape index (κ3) is 4.91. The first kappa shape index (κ1) is 18.7. The van der Waals surface area contributed by atoms with E-state index in [2.05, 4.69) is 10.6 Å². The number of piperidine rings is 1. The minimum Gasteiger partial charge on any atom is -0.384 e. The first-order chi connectivity index (χ1) is 11.2. The lowest BCUT2D eigenvalue weighted by atomic mass is 9.77. The Hall–Kier alpha value is -0.650. The summed E-state index contributed by atoms with van der Waals surface area (Å²) in [5, 5.41) is 6.63. The highest BCUT2D eigenvalue weighted by atomic mass is 16.5. The molecule has 2 aliphatic rings. The first-order valence-corrected chi connectivity index (χ1v) is 9.22. The van der Waals surface area contributed by atoms with Crippen LogP contribution in [0.25, 0.3) is 0 Å². The van der Waals surface area contributed by atoms with E-state index in [-0.39, 0.29) is 16.7 Å². The molecule has 2 rings (SSSR count). The fourth-order valence-electron chi connectivity index (χ4n) is 4.15. The maximum absolute atomic E-state index is 12.9. The Morgan fingerprint density at radius 1 is 1.17 bits per heavy atom. The van der Waals surface area contributed by atoms with Crippen LogP contribution in [0, 0.1) is 10.8 Å². The van der Waals surface area contributed by atoms with Gasteiger partial charge in [-0.25, -0.2) is 0 Å². The van der Waals surface area contributed by atoms with E-state index in [1.165, 1.54) is 25.7 Å². The van der Waals surface area contributed by atoms with Crippen molar-refractivity contribution >= 4 is 5.91 Å². The summed E-state index contributed by atoms with van der Waals surface area (Å²) >= 11 is 0. The molecule has 0 radical (unpaired) electrons. The molecule has 0 aromatic carbocycles. The number of amides is 1. The van der Waals surface area contributed by atoms with Crippen LogP contribution in [0.4, 0.5) is 0 Å². The van der Waals surface area contributed by atoms with Crippen LogP contribution in [0.5, 0.6) is 0 Å². The van der Waals surface area contributed by atoms with E-state index in [0.717, 1.165) is 52.1 Å². The molecule has 1 aliphatic heterocycles. The predicted molar refractivity (Wildman–Crippen MR) is 91.4 cm³/mol. The van der Waals surface area contributed by atoms with Crippen LogP contribution in [0.2, 0.25) is 0 Å². The molecule has 1 amide bonds. The molecule has 5 nitrogen and oxygen atoms in total. The van der Waals surface area contributed by atoms with Crippen molar-refractivity contribution in [2.75, 3.05) is 46.6 Å². The van der Waals surface area contributed by atoms with Crippen molar-refractivity contribution in [3.8, 4) is 0 Å². The van der Waals surface area contributed by atoms with Crippen LogP contribution >= 0.6 is 0 Å². The molecule has 0 aromatic heterocycles. The normalized spacial score (nSPS) is 22.9. The molecule has 2 N–H and O–H groups in total. The zero-order valence-corrected chi connectivity index (χ0v) is 14.9. The zero-order chi connectivity index (χ0) is 16.6. The van der Waals surface area contributed by atoms with E-state index in [0.29, 0.717) is 6.61 Å². The number of ether oxygens (including phenoxy) is 2. The van der Waals surface area contributed by atoms with Crippen molar-refractivity contribution in [3.05, 3.63) is 0 Å². The van der Waals surface area contributed by atoms with Gasteiger partial charge < -0.3 is 20.1 Å². The van der Waals surface area contributed by atoms with Crippen LogP contribution in [-0.2, 0) is 14.3 Å². The summed E-state index contributed by atoms with van der Waals surface area (Å²) in [5.74, 6) is 0.184. The molecule has 23 heavy (non-hydrogen) atoms. The number of rotatable bonds is 9. The summed E-state index contributed by atoms with van der Waals surface area (Å²) in [6.45, 7) is 6.71. The molecule has 134 valence electrons. The summed E-state index contributed by atoms with van der Waals surface area (Å²) in [7, 11) is 1.69. The van der Waals surface area contributed by atoms with Gasteiger partial charge in [0.2, 0.25) is 5.91 Å². The lowest BCUT2D eigenvalue weighted by molar-refractivity contribution is -0.136. The van der Waals surface area contributed by atoms with Gasteiger partial charge in [0, 0.05) is 26.9 Å². The fraction of sp³-hybridized carbons (Fsp3) is 0.944. The van der Waals surface area contributed by atoms with Gasteiger partial charge in [0.25, 0.3) is 0 Å². The summed E-state index contributed by atoms with van der Waals surface area (Å²) in [6, 6.07) is 0. The van der Waals surface area contributed by atoms with Gasteiger partial charge in [0.15, 0.2) is 0 Å². The van der Waals surface area contributed by atoms with Crippen molar-refractivity contribution < 1.29 is 14.3 Å². The number of carbonyl (C=O) groups excluding carboxylic acids is 1. The molecule has 1 aliphatic carbocycles. The summed E-state index contributed by atoms with van der Waals surface area (Å²) in [5.41, 5.74) is -0.105. The lowest BCUT2D eigenvalue weighted by Gasteiger charge is -2.37. The Labute approximate surface area is 140 Å². The molecule has 1 saturated heterocycles. The number of methoxy groups -OCH3 is 1. The van der Waals surface area contributed by atoms with Crippen LogP contribution in [0.15, 0.2) is 0 Å². The SMILES string of the molecule is CCOCCC1(CNC(=O)C2(COC)CCNCC2)CCCC1. The third-order valence-electron chi connectivity index (χ3n) is 5.73. The van der Waals surface area contributed by atoms with Gasteiger partial charge in [-0.2, -0.15) is 0 Å². The predicted octanol–water partition coefficient (Wildman–Crippen LogP) is 2.11. The zero-order valence-electron chi connectivity index (χ0n) is 14.9. The lowest BCUT2D eigenvalue weighted by Crippen LogP contribution is -2.52. The Morgan fingerprint density at radius 2 is 1.87 bits per heavy atom. The largest absolute Gasteiger partial charge is 0.384 e. The second-order valence-corrected chi connectivity index (χ2v) is 7.30. The number of hydrogen-bond donors (Lipinski definition) is 2. The molecule has 0 aromatic rings. The van der Waals surface area contributed by atoms with Gasteiger partial charge in [0.05, 0.1) is 12.0 Å². The topological polar surface area (TPSA) is 59.6 Å². The molecule has 0 unspecified atom stereocenters. The Balaban J connectivity index is 1.91. The van der Waals surface area contributed by atoms with Crippen LogP contribution in [-0.4, -0.2) is 52.5 Å². The Bertz CT molecular complexity index is 356. The van der Waals surface area contributed by atoms with E-state index in [1.807, 2.05) is 6.92 Å². The molecule has 5 heteroatoms. The van der Waals surface area contributed by atoms with Crippen molar-refractivity contribution in [1.29, 1.82) is 0 Å². The average Bonchev–Trinajstić information content (AvgIpc) is 3.03. The highest BCUT2D eigenvalue weighted by Gasteiger charge is 2.41. The quantitative estimate of drug-likeness (QED) is 0.637. The second-order valence-electron chi connectivity index (χ2n) is 7.30. The van der Waals surface area contributed by atoms with E-state index in [4.69, 9.17) is 9.47 Å². The maximum Gasteiger partial charge on any atom is 0.228 e. The van der Waals surface area contributed by atoms with Crippen LogP contribution in [0.1, 0.15) is 51.9 Å². The van der Waals surface area contributed by atoms with Gasteiger partial charge >= 0.3 is 0 Å². The highest BCUT2D eigenvalue weighted by Crippen LogP contribution is 2.41. The molecule has 0 atom stereocenters. The third-order valence-corrected chi connectivity index (χ3v) is 5.73. The minimum absolute atomic E-state index is 0.184. The van der Waals surface area contributed by atoms with Gasteiger partial charge in [-0.1, -0.05) is 12.8 Å². The maximum atomic E-state index is 12.9. The van der Waals surface area contributed by atoms with Crippen molar-refractivity contribution in [2.45, 2.75) is 51.9 Å². The molecular formula is C18H34N2O3. The number of carbonyl (C=O) groups is 1. The van der Waals surface area contributed by atoms with Crippen LogP contribution in [0.3, 0.4) is 0 Å². The van der Waals surface area contributed by atoms with Gasteiger partial charge in [-0.15, -0.1) is 0 Å². The number of nitrogens with one attached hydrogen (secondary N) is 2. The molecular weight excluding hydrogens is 292 g/mol. The standard InChI is InChI=1S/C18H34N2O3/c1-3-23-13-10-17(6-4-5-7-17)14-20-16(21)18(15-22-2)8-11-19-12-9-18/h19H,3-15H2,1-2H3,(H,20,21). The van der Waals surface area contributed by atoms with Crippen molar-refractivity contribution in [1.82, 2.24) is 10.6 Å². The second kappa shape index (κ2) is 9.00. The smallest absolute Gasteiger partial charge is 0.228 e. The molecule has 1 saturated carbocycles. The molecule has 0 bridgehead atoms. The highest BCUT2D eigenvalue weighted by molar-refractivity contribution is 5.83. The summed E-state index contributed by atoms with van der Waals surface area (Å²) in [6.07, 6.45) is 7.74. The van der Waals surface area contributed by atoms with Crippen molar-refractivity contribution in [3.63, 3.8) is 0 Å². The molecule has 0 spiro atoms. The van der Waals surface area contributed by atoms with Gasteiger partial charge in [0.1, 0.15) is 0 Å². The Morgan fingerprint density at radius 3 is 2.48 bits per heavy atom. The minimum atomic E-state index is -0.348. The van der Waals surface area contributed by atoms with Gasteiger partial charge in [-0.05, 0) is 57.5 Å². The monoisotopic (exact) mass is 326 g/mol. The average molecular weight is 326 g/mol. The molecule has 1 heterocycles. The van der Waals surface area contributed by atoms with Gasteiger partial charge in [-0.3, -0.25) is 4.79 Å². The number of hydrogen-bond acceptors (Lipinski definition) is 4. The van der Waals surface area contributed by atoms with Crippen molar-refractivity contribution in [2.24, 2.45) is 10.8 Å². The summed E-state index contributed by atoms with van der Waals surface area (Å²) in [4.78, 5) is 12.9. The molecule has 2 fully saturated rings. The van der Waals surface area contributed by atoms with E-state index >= 15 is 0 Å². The van der Waals surface area contributed by atoms with Crippen LogP contribution < -0.4 is 10.6 Å². The fourth-order valence-corrected chi connectivity index (χ4v) is 4.15. The Kier molecular flexibility index (Phi) is 7.31. The summed E-state index contributed by atoms with van der Waals surface area (Å²) < 4.78 is 10.9.